The maximum absolute atomic E-state index is 14.7. The SMILES string of the molecule is CCOC[C@@H](CC1CCCCC1)NC(=O)[C@H]1C[C@@H](C(=O)N(c2ccc3c(c2)N(CCCOC)C(=O)C(C)(C)O3)C2CC2)CN(C(=O)OC(C)(C)C)C1. The van der Waals surface area contributed by atoms with Crippen molar-refractivity contribution < 1.29 is 38.1 Å². The fourth-order valence-electron chi connectivity index (χ4n) is 7.86. The van der Waals surface area contributed by atoms with Crippen molar-refractivity contribution in [3.05, 3.63) is 18.2 Å². The number of methoxy groups -OCH3 is 1. The molecule has 1 aromatic carbocycles. The number of hydrogen-bond donors (Lipinski definition) is 1. The molecule has 0 bridgehead atoms. The minimum absolute atomic E-state index is 0.0145. The van der Waals surface area contributed by atoms with Crippen molar-refractivity contribution in [2.24, 2.45) is 17.8 Å². The normalized spacial score (nSPS) is 22.6. The molecular weight excluding hydrogens is 664 g/mol. The molecule has 0 spiro atoms. The molecule has 12 heteroatoms. The van der Waals surface area contributed by atoms with Crippen molar-refractivity contribution in [1.29, 1.82) is 0 Å². The molecule has 2 saturated carbocycles. The number of carbonyl (C=O) groups excluding carboxylic acids is 4. The zero-order chi connectivity index (χ0) is 37.6. The summed E-state index contributed by atoms with van der Waals surface area (Å²) in [5.41, 5.74) is -0.486. The number of benzene rings is 1. The second-order valence-electron chi connectivity index (χ2n) is 16.6. The number of carbonyl (C=O) groups is 4. The number of hydrogen-bond acceptors (Lipinski definition) is 8. The molecule has 0 unspecified atom stereocenters. The fourth-order valence-corrected chi connectivity index (χ4v) is 7.86. The fraction of sp³-hybridized carbons (Fsp3) is 0.750. The van der Waals surface area contributed by atoms with Crippen LogP contribution < -0.4 is 19.9 Å². The van der Waals surface area contributed by atoms with Gasteiger partial charge in [0, 0.05) is 51.7 Å². The van der Waals surface area contributed by atoms with Crippen LogP contribution in [0.3, 0.4) is 0 Å². The Hall–Kier alpha value is -3.38. The van der Waals surface area contributed by atoms with Gasteiger partial charge in [0.2, 0.25) is 11.8 Å². The van der Waals surface area contributed by atoms with Crippen molar-refractivity contribution in [3.63, 3.8) is 0 Å². The standard InChI is InChI=1S/C40H62N4O8/c1-8-50-26-30(21-27-13-10-9-11-14-27)41-35(45)28-22-29(25-42(24-28)38(48)52-39(2,3)4)36(46)44(31-15-16-31)32-17-18-34-33(23-32)43(19-12-20-49-7)37(47)40(5,6)51-34/h17-18,23,27-31H,8-16,19-22,24-26H2,1-7H3,(H,41,45)/t28-,29+,30+/m0/s1. The number of anilines is 2. The predicted molar refractivity (Wildman–Crippen MR) is 200 cm³/mol. The van der Waals surface area contributed by atoms with E-state index in [4.69, 9.17) is 18.9 Å². The van der Waals surface area contributed by atoms with E-state index in [9.17, 15) is 19.2 Å². The first-order chi connectivity index (χ1) is 24.7. The number of nitrogens with one attached hydrogen (secondary N) is 1. The summed E-state index contributed by atoms with van der Waals surface area (Å²) in [6.45, 7) is 13.2. The van der Waals surface area contributed by atoms with E-state index >= 15 is 0 Å². The number of ether oxygens (including phenoxy) is 4. The average molecular weight is 727 g/mol. The summed E-state index contributed by atoms with van der Waals surface area (Å²) in [4.78, 5) is 60.9. The van der Waals surface area contributed by atoms with Crippen molar-refractivity contribution in [2.45, 2.75) is 129 Å². The number of amides is 4. The van der Waals surface area contributed by atoms with Crippen LogP contribution in [0.4, 0.5) is 16.2 Å². The van der Waals surface area contributed by atoms with Crippen LogP contribution in [-0.2, 0) is 28.6 Å². The molecule has 2 aliphatic carbocycles. The van der Waals surface area contributed by atoms with Crippen LogP contribution in [0.25, 0.3) is 0 Å². The number of nitrogens with zero attached hydrogens (tertiary/aromatic N) is 3. The van der Waals surface area contributed by atoms with Crippen LogP contribution in [0.1, 0.15) is 106 Å². The lowest BCUT2D eigenvalue weighted by molar-refractivity contribution is -0.133. The molecule has 0 radical (unpaired) electrons. The van der Waals surface area contributed by atoms with Crippen LogP contribution in [-0.4, -0.2) is 98.6 Å². The van der Waals surface area contributed by atoms with Gasteiger partial charge in [-0.15, -0.1) is 0 Å². The summed E-state index contributed by atoms with van der Waals surface area (Å²) >= 11 is 0. The van der Waals surface area contributed by atoms with Gasteiger partial charge in [-0.1, -0.05) is 32.1 Å². The number of fused-ring (bicyclic) bond motifs is 1. The zero-order valence-electron chi connectivity index (χ0n) is 32.5. The lowest BCUT2D eigenvalue weighted by Gasteiger charge is -2.41. The summed E-state index contributed by atoms with van der Waals surface area (Å²) in [5.74, 6) is -0.567. The van der Waals surface area contributed by atoms with E-state index in [2.05, 4.69) is 5.32 Å². The highest BCUT2D eigenvalue weighted by Gasteiger charge is 2.45. The van der Waals surface area contributed by atoms with Gasteiger partial charge in [0.05, 0.1) is 30.2 Å². The average Bonchev–Trinajstić information content (AvgIpc) is 3.94. The minimum atomic E-state index is -1.03. The first kappa shape index (κ1) is 39.8. The quantitative estimate of drug-likeness (QED) is 0.229. The number of likely N-dealkylation sites (tertiary alicyclic amines) is 1. The first-order valence-electron chi connectivity index (χ1n) is 19.5. The Balaban J connectivity index is 1.40. The molecule has 4 amide bonds. The molecule has 5 rings (SSSR count). The second-order valence-corrected chi connectivity index (χ2v) is 16.6. The van der Waals surface area contributed by atoms with Crippen LogP contribution in [0, 0.1) is 17.8 Å². The van der Waals surface area contributed by atoms with Crippen molar-refractivity contribution >= 4 is 35.2 Å². The van der Waals surface area contributed by atoms with Gasteiger partial charge in [0.1, 0.15) is 11.4 Å². The molecule has 2 aliphatic heterocycles. The van der Waals surface area contributed by atoms with Crippen LogP contribution in [0.5, 0.6) is 5.75 Å². The third kappa shape index (κ3) is 10.2. The van der Waals surface area contributed by atoms with Gasteiger partial charge in [-0.2, -0.15) is 0 Å². The predicted octanol–water partition coefficient (Wildman–Crippen LogP) is 6.09. The van der Waals surface area contributed by atoms with E-state index in [0.29, 0.717) is 62.2 Å². The van der Waals surface area contributed by atoms with Gasteiger partial charge in [-0.25, -0.2) is 4.79 Å². The van der Waals surface area contributed by atoms with Crippen molar-refractivity contribution in [3.8, 4) is 5.75 Å². The Bertz CT molecular complexity index is 1420. The van der Waals surface area contributed by atoms with Gasteiger partial charge in [0.15, 0.2) is 5.60 Å². The topological polar surface area (TPSA) is 127 Å². The molecule has 0 aromatic heterocycles. The Morgan fingerprint density at radius 2 is 1.77 bits per heavy atom. The maximum Gasteiger partial charge on any atom is 0.410 e. The molecule has 52 heavy (non-hydrogen) atoms. The van der Waals surface area contributed by atoms with Gasteiger partial charge >= 0.3 is 6.09 Å². The minimum Gasteiger partial charge on any atom is -0.476 e. The molecule has 1 N–H and O–H groups in total. The molecule has 290 valence electrons. The summed E-state index contributed by atoms with van der Waals surface area (Å²) in [6, 6.07) is 5.42. The monoisotopic (exact) mass is 726 g/mol. The lowest BCUT2D eigenvalue weighted by atomic mass is 9.84. The van der Waals surface area contributed by atoms with Gasteiger partial charge < -0.3 is 39.0 Å². The van der Waals surface area contributed by atoms with E-state index < -0.39 is 29.1 Å². The highest BCUT2D eigenvalue weighted by Crippen LogP contribution is 2.43. The highest BCUT2D eigenvalue weighted by atomic mass is 16.6. The molecule has 3 fully saturated rings. The summed E-state index contributed by atoms with van der Waals surface area (Å²) in [7, 11) is 1.64. The molecule has 12 nitrogen and oxygen atoms in total. The largest absolute Gasteiger partial charge is 0.476 e. The Morgan fingerprint density at radius 3 is 2.42 bits per heavy atom. The Labute approximate surface area is 310 Å². The zero-order valence-corrected chi connectivity index (χ0v) is 32.5. The van der Waals surface area contributed by atoms with Crippen LogP contribution >= 0.6 is 0 Å². The van der Waals surface area contributed by atoms with E-state index in [0.717, 1.165) is 32.1 Å². The third-order valence-corrected chi connectivity index (χ3v) is 10.6. The Morgan fingerprint density at radius 1 is 1.06 bits per heavy atom. The summed E-state index contributed by atoms with van der Waals surface area (Å²) in [5, 5.41) is 3.27. The second kappa shape index (κ2) is 17.2. The number of rotatable bonds is 14. The van der Waals surface area contributed by atoms with E-state index in [1.807, 2.05) is 50.8 Å². The van der Waals surface area contributed by atoms with E-state index in [-0.39, 0.29) is 42.9 Å². The van der Waals surface area contributed by atoms with Crippen LogP contribution in [0.15, 0.2) is 18.2 Å². The van der Waals surface area contributed by atoms with Crippen molar-refractivity contribution in [1.82, 2.24) is 10.2 Å². The Kier molecular flexibility index (Phi) is 13.2. The van der Waals surface area contributed by atoms with E-state index in [1.165, 1.54) is 24.2 Å². The maximum atomic E-state index is 14.7. The summed E-state index contributed by atoms with van der Waals surface area (Å²) < 4.78 is 23.0. The first-order valence-corrected chi connectivity index (χ1v) is 19.5. The molecule has 1 aromatic rings. The lowest BCUT2D eigenvalue weighted by Crippen LogP contribution is -2.55. The smallest absolute Gasteiger partial charge is 0.410 e. The molecule has 2 heterocycles. The molecule has 1 saturated heterocycles. The van der Waals surface area contributed by atoms with Gasteiger partial charge in [-0.3, -0.25) is 14.4 Å². The van der Waals surface area contributed by atoms with Gasteiger partial charge in [-0.05, 0) is 97.8 Å². The highest BCUT2D eigenvalue weighted by molar-refractivity contribution is 6.04. The third-order valence-electron chi connectivity index (χ3n) is 10.6. The summed E-state index contributed by atoms with van der Waals surface area (Å²) in [6.07, 6.45) is 8.97. The van der Waals surface area contributed by atoms with E-state index in [1.54, 1.807) is 25.9 Å². The molecule has 4 aliphatic rings. The van der Waals surface area contributed by atoms with Crippen molar-refractivity contribution in [2.75, 3.05) is 56.4 Å². The van der Waals surface area contributed by atoms with Crippen LogP contribution in [0.2, 0.25) is 0 Å². The number of piperidine rings is 1. The van der Waals surface area contributed by atoms with Gasteiger partial charge in [0.25, 0.3) is 5.91 Å². The molecular formula is C40H62N4O8. The molecule has 3 atom stereocenters.